The van der Waals surface area contributed by atoms with Crippen LogP contribution in [0.4, 0.5) is 4.79 Å². The molecule has 0 saturated heterocycles. The lowest BCUT2D eigenvalue weighted by Gasteiger charge is -2.35. The van der Waals surface area contributed by atoms with E-state index in [0.717, 1.165) is 19.3 Å². The van der Waals surface area contributed by atoms with E-state index in [1.807, 2.05) is 0 Å². The molecule has 0 heterocycles. The molecule has 2 aliphatic rings. The molecule has 0 aromatic heterocycles. The topological polar surface area (TPSA) is 89.9 Å². The van der Waals surface area contributed by atoms with Gasteiger partial charge in [-0.05, 0) is 38.5 Å². The third kappa shape index (κ3) is 2.90. The molecule has 2 amide bonds. The molecule has 0 aliphatic heterocycles. The van der Waals surface area contributed by atoms with Crippen molar-refractivity contribution < 1.29 is 19.8 Å². The van der Waals surface area contributed by atoms with Crippen LogP contribution in [0.2, 0.25) is 0 Å². The molecule has 114 valence electrons. The zero-order chi connectivity index (χ0) is 14.9. The third-order valence-electron chi connectivity index (χ3n) is 4.83. The maximum Gasteiger partial charge on any atom is 0.317 e. The van der Waals surface area contributed by atoms with Crippen LogP contribution in [0.25, 0.3) is 0 Å². The van der Waals surface area contributed by atoms with Gasteiger partial charge < -0.3 is 20.4 Å². The molecule has 20 heavy (non-hydrogen) atoms. The van der Waals surface area contributed by atoms with Crippen molar-refractivity contribution in [2.75, 3.05) is 13.6 Å². The Morgan fingerprint density at radius 3 is 2.60 bits per heavy atom. The van der Waals surface area contributed by atoms with Gasteiger partial charge in [0.1, 0.15) is 0 Å². The first-order valence-electron chi connectivity index (χ1n) is 7.26. The molecule has 2 aliphatic carbocycles. The van der Waals surface area contributed by atoms with Crippen molar-refractivity contribution in [2.24, 2.45) is 11.3 Å². The molecular weight excluding hydrogens is 260 g/mol. The Hall–Kier alpha value is -1.30. The summed E-state index contributed by atoms with van der Waals surface area (Å²) in [4.78, 5) is 25.1. The van der Waals surface area contributed by atoms with Crippen LogP contribution in [0.15, 0.2) is 0 Å². The first kappa shape index (κ1) is 15.1. The summed E-state index contributed by atoms with van der Waals surface area (Å²) in [6.45, 7) is 2.31. The van der Waals surface area contributed by atoms with E-state index in [-0.39, 0.29) is 18.2 Å². The van der Waals surface area contributed by atoms with Crippen LogP contribution < -0.4 is 5.32 Å². The monoisotopic (exact) mass is 284 g/mol. The number of carbonyl (C=O) groups is 2. The first-order valence-corrected chi connectivity index (χ1v) is 7.26. The molecular formula is C14H24N2O4. The van der Waals surface area contributed by atoms with Gasteiger partial charge in [0.05, 0.1) is 11.5 Å². The summed E-state index contributed by atoms with van der Waals surface area (Å²) < 4.78 is 0. The molecule has 0 radical (unpaired) electrons. The van der Waals surface area contributed by atoms with Crippen LogP contribution in [0, 0.1) is 11.3 Å². The second kappa shape index (κ2) is 5.60. The fourth-order valence-electron chi connectivity index (χ4n) is 3.23. The molecule has 2 fully saturated rings. The number of aliphatic hydroxyl groups excluding tert-OH is 1. The molecule has 0 aromatic carbocycles. The number of amides is 2. The van der Waals surface area contributed by atoms with Crippen LogP contribution in [0.1, 0.15) is 39.0 Å². The van der Waals surface area contributed by atoms with E-state index >= 15 is 0 Å². The number of nitrogens with zero attached hydrogens (tertiary/aromatic N) is 1. The normalized spacial score (nSPS) is 36.2. The minimum atomic E-state index is -0.858. The lowest BCUT2D eigenvalue weighted by atomic mass is 9.82. The zero-order valence-electron chi connectivity index (χ0n) is 12.1. The third-order valence-corrected chi connectivity index (χ3v) is 4.83. The number of aliphatic carboxylic acids is 1. The standard InChI is InChI=1S/C14H24N2O4/c1-14(12(18)19)5-3-4-11(14)15-13(20)16(2)8-9-6-10(17)7-9/h9-11,17H,3-8H2,1-2H3,(H,15,20)(H,18,19). The van der Waals surface area contributed by atoms with Gasteiger partial charge in [0.2, 0.25) is 0 Å². The Labute approximate surface area is 119 Å². The van der Waals surface area contributed by atoms with Gasteiger partial charge in [-0.15, -0.1) is 0 Å². The maximum absolute atomic E-state index is 12.1. The minimum Gasteiger partial charge on any atom is -0.481 e. The molecule has 2 rings (SSSR count). The lowest BCUT2D eigenvalue weighted by molar-refractivity contribution is -0.148. The van der Waals surface area contributed by atoms with Gasteiger partial charge in [-0.3, -0.25) is 4.79 Å². The van der Waals surface area contributed by atoms with Gasteiger partial charge in [-0.25, -0.2) is 4.79 Å². The average Bonchev–Trinajstić information content (AvgIpc) is 2.70. The van der Waals surface area contributed by atoms with Gasteiger partial charge in [0.15, 0.2) is 0 Å². The van der Waals surface area contributed by atoms with Crippen molar-refractivity contribution in [3.8, 4) is 0 Å². The fraction of sp³-hybridized carbons (Fsp3) is 0.857. The van der Waals surface area contributed by atoms with E-state index in [0.29, 0.717) is 25.3 Å². The van der Waals surface area contributed by atoms with Crippen LogP contribution in [-0.4, -0.2) is 52.9 Å². The van der Waals surface area contributed by atoms with Gasteiger partial charge in [-0.2, -0.15) is 0 Å². The summed E-state index contributed by atoms with van der Waals surface area (Å²) in [5.41, 5.74) is -0.858. The molecule has 6 nitrogen and oxygen atoms in total. The number of urea groups is 1. The number of carboxylic acid groups (broad SMARTS) is 1. The summed E-state index contributed by atoms with van der Waals surface area (Å²) in [6, 6.07) is -0.521. The molecule has 6 heteroatoms. The number of nitrogens with one attached hydrogen (secondary N) is 1. The highest BCUT2D eigenvalue weighted by atomic mass is 16.4. The van der Waals surface area contributed by atoms with Crippen LogP contribution in [-0.2, 0) is 4.79 Å². The molecule has 2 saturated carbocycles. The van der Waals surface area contributed by atoms with Crippen molar-refractivity contribution in [3.63, 3.8) is 0 Å². The highest BCUT2D eigenvalue weighted by Crippen LogP contribution is 2.38. The van der Waals surface area contributed by atoms with Crippen molar-refractivity contribution in [2.45, 2.75) is 51.2 Å². The number of hydrogen-bond acceptors (Lipinski definition) is 3. The zero-order valence-corrected chi connectivity index (χ0v) is 12.1. The van der Waals surface area contributed by atoms with Gasteiger partial charge in [0, 0.05) is 19.6 Å². The Morgan fingerprint density at radius 1 is 1.40 bits per heavy atom. The van der Waals surface area contributed by atoms with Crippen LogP contribution in [0.3, 0.4) is 0 Å². The summed E-state index contributed by atoms with van der Waals surface area (Å²) in [5.74, 6) is -0.486. The first-order chi connectivity index (χ1) is 9.33. The van der Waals surface area contributed by atoms with Gasteiger partial charge >= 0.3 is 12.0 Å². The van der Waals surface area contributed by atoms with E-state index < -0.39 is 11.4 Å². The summed E-state index contributed by atoms with van der Waals surface area (Å²) >= 11 is 0. The van der Waals surface area contributed by atoms with Crippen molar-refractivity contribution in [1.29, 1.82) is 0 Å². The van der Waals surface area contributed by atoms with Crippen LogP contribution in [0.5, 0.6) is 0 Å². The van der Waals surface area contributed by atoms with Crippen molar-refractivity contribution >= 4 is 12.0 Å². The van der Waals surface area contributed by atoms with Crippen molar-refractivity contribution in [3.05, 3.63) is 0 Å². The van der Waals surface area contributed by atoms with E-state index in [2.05, 4.69) is 5.32 Å². The molecule has 3 N–H and O–H groups in total. The van der Waals surface area contributed by atoms with Gasteiger partial charge in [0.25, 0.3) is 0 Å². The molecule has 2 atom stereocenters. The second-order valence-electron chi connectivity index (χ2n) is 6.49. The molecule has 0 bridgehead atoms. The van der Waals surface area contributed by atoms with E-state index in [1.54, 1.807) is 18.9 Å². The van der Waals surface area contributed by atoms with Crippen LogP contribution >= 0.6 is 0 Å². The number of aliphatic hydroxyl groups is 1. The number of carboxylic acids is 1. The Bertz CT molecular complexity index is 395. The van der Waals surface area contributed by atoms with E-state index in [1.165, 1.54) is 0 Å². The minimum absolute atomic E-state index is 0.217. The summed E-state index contributed by atoms with van der Waals surface area (Å²) in [6.07, 6.45) is 3.41. The summed E-state index contributed by atoms with van der Waals surface area (Å²) in [5, 5.41) is 21.4. The molecule has 0 spiro atoms. The predicted molar refractivity (Wildman–Crippen MR) is 73.3 cm³/mol. The average molecular weight is 284 g/mol. The fourth-order valence-corrected chi connectivity index (χ4v) is 3.23. The second-order valence-corrected chi connectivity index (χ2v) is 6.49. The molecule has 0 aromatic rings. The summed E-state index contributed by atoms with van der Waals surface area (Å²) in [7, 11) is 1.72. The quantitative estimate of drug-likeness (QED) is 0.719. The smallest absolute Gasteiger partial charge is 0.317 e. The van der Waals surface area contributed by atoms with Crippen molar-refractivity contribution in [1.82, 2.24) is 10.2 Å². The number of hydrogen-bond donors (Lipinski definition) is 3. The lowest BCUT2D eigenvalue weighted by Crippen LogP contribution is -2.52. The number of carbonyl (C=O) groups excluding carboxylic acids is 1. The highest BCUT2D eigenvalue weighted by Gasteiger charge is 2.46. The maximum atomic E-state index is 12.1. The van der Waals surface area contributed by atoms with E-state index in [4.69, 9.17) is 0 Å². The highest BCUT2D eigenvalue weighted by molar-refractivity contribution is 5.79. The Kier molecular flexibility index (Phi) is 4.22. The number of rotatable bonds is 4. The Morgan fingerprint density at radius 2 is 2.05 bits per heavy atom. The Balaban J connectivity index is 1.85. The predicted octanol–water partition coefficient (Wildman–Crippen LogP) is 1.04. The van der Waals surface area contributed by atoms with E-state index in [9.17, 15) is 19.8 Å². The molecule has 2 unspecified atom stereocenters. The SMILES string of the molecule is CN(CC1CC(O)C1)C(=O)NC1CCCC1(C)C(=O)O. The largest absolute Gasteiger partial charge is 0.481 e. The van der Waals surface area contributed by atoms with Gasteiger partial charge in [-0.1, -0.05) is 6.42 Å².